The molecule has 4 heterocycles. The molecule has 32 heavy (non-hydrogen) atoms. The van der Waals surface area contributed by atoms with Crippen LogP contribution >= 0.6 is 0 Å². The van der Waals surface area contributed by atoms with Crippen LogP contribution in [0, 0.1) is 5.92 Å². The van der Waals surface area contributed by atoms with E-state index < -0.39 is 12.2 Å². The number of hydrogen-bond acceptors (Lipinski definition) is 5. The van der Waals surface area contributed by atoms with E-state index in [1.54, 1.807) is 6.07 Å². The van der Waals surface area contributed by atoms with E-state index in [2.05, 4.69) is 16.3 Å². The number of likely N-dealkylation sites (tertiary alicyclic amines) is 1. The van der Waals surface area contributed by atoms with Gasteiger partial charge in [0.1, 0.15) is 0 Å². The van der Waals surface area contributed by atoms with Crippen molar-refractivity contribution >= 4 is 11.6 Å². The summed E-state index contributed by atoms with van der Waals surface area (Å²) >= 11 is 0. The van der Waals surface area contributed by atoms with Crippen LogP contribution in [-0.4, -0.2) is 58.4 Å². The summed E-state index contributed by atoms with van der Waals surface area (Å²) < 4.78 is 8.01. The third-order valence-electron chi connectivity index (χ3n) is 7.10. The molecule has 1 amide bonds. The van der Waals surface area contributed by atoms with Gasteiger partial charge in [-0.25, -0.2) is 0 Å². The van der Waals surface area contributed by atoms with Crippen LogP contribution in [-0.2, 0) is 16.1 Å². The molecule has 1 aromatic carbocycles. The number of nitrogens with zero attached hydrogens (tertiary/aromatic N) is 2. The fraction of sp³-hybridized carbons (Fsp3) is 0.520. The molecule has 0 radical (unpaired) electrons. The van der Waals surface area contributed by atoms with Crippen molar-refractivity contribution in [3.8, 4) is 0 Å². The van der Waals surface area contributed by atoms with E-state index in [1.165, 1.54) is 0 Å². The van der Waals surface area contributed by atoms with Crippen LogP contribution in [0.5, 0.6) is 0 Å². The summed E-state index contributed by atoms with van der Waals surface area (Å²) in [5, 5.41) is 13.2. The number of para-hydroxylation sites is 1. The molecule has 2 bridgehead atoms. The SMILES string of the molecule is O=C(Nc1ccccc1)[C@@H]1O[C@H](CCN2C[C@H]3C[C@H](C2)c2cccc(=O)n2C3)CC[C@@H]1O. The van der Waals surface area contributed by atoms with Crippen molar-refractivity contribution in [1.29, 1.82) is 0 Å². The molecule has 1 aromatic heterocycles. The maximum absolute atomic E-state index is 12.7. The zero-order valence-electron chi connectivity index (χ0n) is 18.2. The Morgan fingerprint density at radius 1 is 1.06 bits per heavy atom. The molecule has 0 aliphatic carbocycles. The Bertz CT molecular complexity index is 1010. The topological polar surface area (TPSA) is 83.8 Å². The van der Waals surface area contributed by atoms with Crippen LogP contribution in [0.4, 0.5) is 5.69 Å². The lowest BCUT2D eigenvalue weighted by Gasteiger charge is -2.43. The van der Waals surface area contributed by atoms with E-state index in [9.17, 15) is 14.7 Å². The fourth-order valence-electron chi connectivity index (χ4n) is 5.56. The number of pyridine rings is 1. The van der Waals surface area contributed by atoms with Crippen molar-refractivity contribution in [3.05, 3.63) is 64.6 Å². The Hall–Kier alpha value is -2.48. The van der Waals surface area contributed by atoms with Crippen molar-refractivity contribution in [2.75, 3.05) is 25.0 Å². The van der Waals surface area contributed by atoms with Crippen LogP contribution in [0.1, 0.15) is 37.3 Å². The lowest BCUT2D eigenvalue weighted by atomic mass is 9.83. The highest BCUT2D eigenvalue weighted by atomic mass is 16.5. The summed E-state index contributed by atoms with van der Waals surface area (Å²) in [6.07, 6.45) is 1.65. The predicted molar refractivity (Wildman–Crippen MR) is 122 cm³/mol. The Kier molecular flexibility index (Phi) is 6.13. The number of carbonyl (C=O) groups is 1. The van der Waals surface area contributed by atoms with Gasteiger partial charge in [0.25, 0.3) is 11.5 Å². The number of fused-ring (bicyclic) bond motifs is 4. The first-order chi connectivity index (χ1) is 15.6. The summed E-state index contributed by atoms with van der Waals surface area (Å²) in [4.78, 5) is 27.4. The van der Waals surface area contributed by atoms with Gasteiger partial charge in [-0.15, -0.1) is 0 Å². The van der Waals surface area contributed by atoms with Crippen LogP contribution in [0.2, 0.25) is 0 Å². The minimum atomic E-state index is -0.839. The maximum Gasteiger partial charge on any atom is 0.256 e. The van der Waals surface area contributed by atoms with Crippen molar-refractivity contribution in [2.45, 2.75) is 56.5 Å². The molecule has 2 fully saturated rings. The minimum Gasteiger partial charge on any atom is -0.390 e. The van der Waals surface area contributed by atoms with Crippen molar-refractivity contribution in [1.82, 2.24) is 9.47 Å². The summed E-state index contributed by atoms with van der Waals surface area (Å²) in [6, 6.07) is 14.9. The average Bonchev–Trinajstić information content (AvgIpc) is 2.80. The second kappa shape index (κ2) is 9.17. The lowest BCUT2D eigenvalue weighted by molar-refractivity contribution is -0.153. The highest BCUT2D eigenvalue weighted by Crippen LogP contribution is 2.35. The number of rotatable bonds is 5. The molecule has 7 nitrogen and oxygen atoms in total. The van der Waals surface area contributed by atoms with Crippen LogP contribution in [0.25, 0.3) is 0 Å². The third-order valence-corrected chi connectivity index (χ3v) is 7.10. The quantitative estimate of drug-likeness (QED) is 0.749. The number of ether oxygens (including phenoxy) is 1. The Balaban J connectivity index is 1.17. The molecule has 3 aliphatic rings. The molecule has 0 spiro atoms. The zero-order valence-corrected chi connectivity index (χ0v) is 18.2. The molecular weight excluding hydrogens is 406 g/mol. The Morgan fingerprint density at radius 3 is 2.75 bits per heavy atom. The van der Waals surface area contributed by atoms with Crippen molar-refractivity contribution in [3.63, 3.8) is 0 Å². The molecule has 5 atom stereocenters. The smallest absolute Gasteiger partial charge is 0.256 e. The molecule has 2 saturated heterocycles. The molecule has 2 aromatic rings. The zero-order chi connectivity index (χ0) is 22.1. The normalized spacial score (nSPS) is 29.8. The lowest BCUT2D eigenvalue weighted by Crippen LogP contribution is -2.49. The van der Waals surface area contributed by atoms with Crippen molar-refractivity contribution < 1.29 is 14.6 Å². The summed E-state index contributed by atoms with van der Waals surface area (Å²) in [5.41, 5.74) is 1.97. The standard InChI is InChI=1S/C25H31N3O4/c29-22-10-9-20(32-24(22)25(31)26-19-5-2-1-3-6-19)11-12-27-14-17-13-18(16-27)21-7-4-8-23(30)28(21)15-17/h1-8,17-18,20,22,24,29H,9-16H2,(H,26,31)/t17-,18-,20+,22+,24-/m1/s1. The first-order valence-corrected chi connectivity index (χ1v) is 11.7. The van der Waals surface area contributed by atoms with Gasteiger partial charge < -0.3 is 24.6 Å². The predicted octanol–water partition coefficient (Wildman–Crippen LogP) is 2.20. The number of anilines is 1. The third kappa shape index (κ3) is 4.51. The number of aliphatic hydroxyl groups excluding tert-OH is 1. The van der Waals surface area contributed by atoms with Gasteiger partial charge in [0, 0.05) is 49.5 Å². The number of amides is 1. The van der Waals surface area contributed by atoms with Crippen LogP contribution < -0.4 is 10.9 Å². The number of carbonyl (C=O) groups excluding carboxylic acids is 1. The molecule has 0 saturated carbocycles. The molecule has 3 aliphatic heterocycles. The monoisotopic (exact) mass is 437 g/mol. The van der Waals surface area contributed by atoms with Crippen molar-refractivity contribution in [2.24, 2.45) is 5.92 Å². The molecule has 7 heteroatoms. The summed E-state index contributed by atoms with van der Waals surface area (Å²) in [7, 11) is 0. The molecular formula is C25H31N3O4. The largest absolute Gasteiger partial charge is 0.390 e. The second-order valence-electron chi connectivity index (χ2n) is 9.43. The maximum atomic E-state index is 12.7. The van der Waals surface area contributed by atoms with E-state index in [-0.39, 0.29) is 17.6 Å². The fourth-order valence-corrected chi connectivity index (χ4v) is 5.56. The van der Waals surface area contributed by atoms with E-state index in [0.717, 1.165) is 51.1 Å². The number of aromatic nitrogens is 1. The van der Waals surface area contributed by atoms with Gasteiger partial charge in [-0.1, -0.05) is 24.3 Å². The van der Waals surface area contributed by atoms with Gasteiger partial charge in [0.05, 0.1) is 12.2 Å². The van der Waals surface area contributed by atoms with Gasteiger partial charge in [-0.2, -0.15) is 0 Å². The number of nitrogens with one attached hydrogen (secondary N) is 1. The first-order valence-electron chi connectivity index (χ1n) is 11.7. The Morgan fingerprint density at radius 2 is 1.91 bits per heavy atom. The van der Waals surface area contributed by atoms with Gasteiger partial charge in [-0.3, -0.25) is 9.59 Å². The van der Waals surface area contributed by atoms with Gasteiger partial charge >= 0.3 is 0 Å². The first kappa shape index (κ1) is 21.4. The van der Waals surface area contributed by atoms with E-state index in [1.807, 2.05) is 41.0 Å². The molecule has 0 unspecified atom stereocenters. The number of aliphatic hydroxyl groups is 1. The second-order valence-corrected chi connectivity index (χ2v) is 9.43. The molecule has 170 valence electrons. The molecule has 2 N–H and O–H groups in total. The summed E-state index contributed by atoms with van der Waals surface area (Å²) in [5.74, 6) is 0.609. The number of hydrogen-bond donors (Lipinski definition) is 2. The van der Waals surface area contributed by atoms with Crippen LogP contribution in [0.3, 0.4) is 0 Å². The van der Waals surface area contributed by atoms with E-state index in [4.69, 9.17) is 4.74 Å². The summed E-state index contributed by atoms with van der Waals surface area (Å²) in [6.45, 7) is 3.64. The highest BCUT2D eigenvalue weighted by molar-refractivity contribution is 5.94. The highest BCUT2D eigenvalue weighted by Gasteiger charge is 2.37. The van der Waals surface area contributed by atoms with Gasteiger partial charge in [-0.05, 0) is 49.8 Å². The van der Waals surface area contributed by atoms with E-state index >= 15 is 0 Å². The molecule has 5 rings (SSSR count). The van der Waals surface area contributed by atoms with Gasteiger partial charge in [0.15, 0.2) is 6.10 Å². The Labute approximate surface area is 188 Å². The van der Waals surface area contributed by atoms with Gasteiger partial charge in [0.2, 0.25) is 0 Å². The van der Waals surface area contributed by atoms with E-state index in [0.29, 0.717) is 23.9 Å². The minimum absolute atomic E-state index is 0.0402. The number of benzene rings is 1. The average molecular weight is 438 g/mol. The number of piperidine rings is 1. The van der Waals surface area contributed by atoms with Crippen LogP contribution in [0.15, 0.2) is 53.3 Å².